The maximum atomic E-state index is 13.0. The molecule has 0 amide bonds. The van der Waals surface area contributed by atoms with Crippen molar-refractivity contribution in [2.75, 3.05) is 18.9 Å². The van der Waals surface area contributed by atoms with Crippen molar-refractivity contribution in [3.8, 4) is 0 Å². The lowest BCUT2D eigenvalue weighted by Crippen LogP contribution is -2.30. The first kappa shape index (κ1) is 16.9. The number of rotatable bonds is 4. The molecule has 2 heterocycles. The van der Waals surface area contributed by atoms with Crippen LogP contribution in [0, 0.1) is 13.8 Å². The molecule has 3 rings (SSSR count). The van der Waals surface area contributed by atoms with Crippen LogP contribution in [0.15, 0.2) is 41.4 Å². The average molecular weight is 345 g/mol. The Kier molecular flexibility index (Phi) is 4.60. The van der Waals surface area contributed by atoms with Gasteiger partial charge in [-0.15, -0.1) is 0 Å². The van der Waals surface area contributed by atoms with Crippen molar-refractivity contribution in [3.05, 3.63) is 53.2 Å². The van der Waals surface area contributed by atoms with Gasteiger partial charge in [-0.25, -0.2) is 13.4 Å². The molecule has 1 aromatic carbocycles. The van der Waals surface area contributed by atoms with Gasteiger partial charge in [0.05, 0.1) is 10.9 Å². The van der Waals surface area contributed by atoms with Crippen LogP contribution < -0.4 is 5.32 Å². The van der Waals surface area contributed by atoms with Gasteiger partial charge >= 0.3 is 0 Å². The second-order valence-electron chi connectivity index (χ2n) is 6.27. The van der Waals surface area contributed by atoms with Crippen LogP contribution in [0.25, 0.3) is 0 Å². The fourth-order valence-corrected chi connectivity index (χ4v) is 4.93. The first-order valence-electron chi connectivity index (χ1n) is 8.16. The number of benzene rings is 1. The topological polar surface area (TPSA) is 62.3 Å². The summed E-state index contributed by atoms with van der Waals surface area (Å²) in [7, 11) is -1.66. The highest BCUT2D eigenvalue weighted by Crippen LogP contribution is 2.37. The Balaban J connectivity index is 1.95. The number of hydrogen-bond acceptors (Lipinski definition) is 4. The Labute approximate surface area is 143 Å². The zero-order valence-electron chi connectivity index (χ0n) is 14.3. The lowest BCUT2D eigenvalue weighted by Gasteiger charge is -2.25. The summed E-state index contributed by atoms with van der Waals surface area (Å²) in [5.74, 6) is 0.824. The number of nitrogens with one attached hydrogen (secondary N) is 1. The minimum atomic E-state index is -3.49. The zero-order chi connectivity index (χ0) is 17.3. The number of aryl methyl sites for hydroxylation is 2. The van der Waals surface area contributed by atoms with Crippen molar-refractivity contribution in [2.45, 2.75) is 37.6 Å². The molecule has 5 nitrogen and oxygen atoms in total. The molecule has 6 heteroatoms. The van der Waals surface area contributed by atoms with E-state index in [1.54, 1.807) is 22.6 Å². The first-order chi connectivity index (χ1) is 11.4. The van der Waals surface area contributed by atoms with Crippen LogP contribution in [0.3, 0.4) is 0 Å². The van der Waals surface area contributed by atoms with Crippen LogP contribution in [0.1, 0.15) is 35.6 Å². The van der Waals surface area contributed by atoms with Crippen LogP contribution in [0.2, 0.25) is 0 Å². The van der Waals surface area contributed by atoms with Crippen molar-refractivity contribution in [1.29, 1.82) is 0 Å². The van der Waals surface area contributed by atoms with E-state index in [-0.39, 0.29) is 6.04 Å². The van der Waals surface area contributed by atoms with Gasteiger partial charge in [0.2, 0.25) is 10.0 Å². The quantitative estimate of drug-likeness (QED) is 0.924. The van der Waals surface area contributed by atoms with Gasteiger partial charge in [0.15, 0.2) is 0 Å². The molecule has 1 N–H and O–H groups in total. The smallest absolute Gasteiger partial charge is 0.243 e. The van der Waals surface area contributed by atoms with Crippen LogP contribution in [-0.4, -0.2) is 31.3 Å². The van der Waals surface area contributed by atoms with Gasteiger partial charge in [0, 0.05) is 19.8 Å². The van der Waals surface area contributed by atoms with Gasteiger partial charge in [0.25, 0.3) is 0 Å². The lowest BCUT2D eigenvalue weighted by molar-refractivity contribution is 0.396. The summed E-state index contributed by atoms with van der Waals surface area (Å²) in [6.07, 6.45) is 3.47. The average Bonchev–Trinajstić information content (AvgIpc) is 3.05. The number of sulfonamides is 1. The predicted molar refractivity (Wildman–Crippen MR) is 95.6 cm³/mol. The van der Waals surface area contributed by atoms with Crippen molar-refractivity contribution in [2.24, 2.45) is 0 Å². The SMILES string of the molecule is CNc1ncc([C@@H]2CCCN2S(=O)(=O)c2ccc(C)cc2)cc1C. The Morgan fingerprint density at radius 1 is 1.21 bits per heavy atom. The summed E-state index contributed by atoms with van der Waals surface area (Å²) >= 11 is 0. The molecular formula is C18H23N3O2S. The third-order valence-electron chi connectivity index (χ3n) is 4.55. The second-order valence-corrected chi connectivity index (χ2v) is 8.16. The number of hydrogen-bond donors (Lipinski definition) is 1. The molecule has 1 saturated heterocycles. The van der Waals surface area contributed by atoms with Crippen LogP contribution in [0.4, 0.5) is 5.82 Å². The van der Waals surface area contributed by atoms with Crippen molar-refractivity contribution in [3.63, 3.8) is 0 Å². The highest BCUT2D eigenvalue weighted by Gasteiger charge is 2.36. The lowest BCUT2D eigenvalue weighted by atomic mass is 10.1. The number of pyridine rings is 1. The van der Waals surface area contributed by atoms with E-state index >= 15 is 0 Å². The summed E-state index contributed by atoms with van der Waals surface area (Å²) in [6, 6.07) is 8.94. The van der Waals surface area contributed by atoms with E-state index in [1.807, 2.05) is 39.1 Å². The van der Waals surface area contributed by atoms with E-state index in [0.29, 0.717) is 11.4 Å². The third kappa shape index (κ3) is 3.03. The van der Waals surface area contributed by atoms with E-state index in [4.69, 9.17) is 0 Å². The summed E-state index contributed by atoms with van der Waals surface area (Å²) in [4.78, 5) is 4.77. The van der Waals surface area contributed by atoms with Gasteiger partial charge in [0.1, 0.15) is 5.82 Å². The third-order valence-corrected chi connectivity index (χ3v) is 6.47. The molecule has 1 aliphatic rings. The molecule has 1 aromatic heterocycles. The number of nitrogens with zero attached hydrogens (tertiary/aromatic N) is 2. The molecule has 24 heavy (non-hydrogen) atoms. The molecule has 1 aliphatic heterocycles. The van der Waals surface area contributed by atoms with Gasteiger partial charge in [-0.05, 0) is 56.0 Å². The molecule has 0 aliphatic carbocycles. The van der Waals surface area contributed by atoms with E-state index in [2.05, 4.69) is 10.3 Å². The fourth-order valence-electron chi connectivity index (χ4n) is 3.25. The van der Waals surface area contributed by atoms with Crippen LogP contribution >= 0.6 is 0 Å². The van der Waals surface area contributed by atoms with Gasteiger partial charge in [-0.2, -0.15) is 4.31 Å². The van der Waals surface area contributed by atoms with E-state index < -0.39 is 10.0 Å². The Hall–Kier alpha value is -1.92. The molecule has 1 fully saturated rings. The Bertz CT molecular complexity index is 832. The summed E-state index contributed by atoms with van der Waals surface area (Å²) < 4.78 is 27.7. The maximum absolute atomic E-state index is 13.0. The van der Waals surface area contributed by atoms with Gasteiger partial charge < -0.3 is 5.32 Å². The van der Waals surface area contributed by atoms with E-state index in [9.17, 15) is 8.42 Å². The zero-order valence-corrected chi connectivity index (χ0v) is 15.1. The largest absolute Gasteiger partial charge is 0.373 e. The summed E-state index contributed by atoms with van der Waals surface area (Å²) in [5, 5.41) is 3.04. The Morgan fingerprint density at radius 2 is 1.92 bits per heavy atom. The molecule has 0 bridgehead atoms. The van der Waals surface area contributed by atoms with E-state index in [0.717, 1.165) is 35.3 Å². The standard InChI is InChI=1S/C18H23N3O2S/c1-13-6-8-16(9-7-13)24(22,23)21-10-4-5-17(21)15-11-14(2)18(19-3)20-12-15/h6-9,11-12,17H,4-5,10H2,1-3H3,(H,19,20)/t17-/m0/s1. The minimum Gasteiger partial charge on any atom is -0.373 e. The molecule has 1 atom stereocenters. The molecule has 0 unspecified atom stereocenters. The maximum Gasteiger partial charge on any atom is 0.243 e. The summed E-state index contributed by atoms with van der Waals surface area (Å²) in [5.41, 5.74) is 3.03. The van der Waals surface area contributed by atoms with Crippen molar-refractivity contribution in [1.82, 2.24) is 9.29 Å². The molecule has 0 spiro atoms. The second kappa shape index (κ2) is 6.53. The number of anilines is 1. The molecule has 0 radical (unpaired) electrons. The fraction of sp³-hybridized carbons (Fsp3) is 0.389. The normalized spacial score (nSPS) is 18.7. The molecular weight excluding hydrogens is 322 g/mol. The van der Waals surface area contributed by atoms with Gasteiger partial charge in [-0.3, -0.25) is 0 Å². The monoisotopic (exact) mass is 345 g/mol. The highest BCUT2D eigenvalue weighted by molar-refractivity contribution is 7.89. The van der Waals surface area contributed by atoms with Crippen molar-refractivity contribution >= 4 is 15.8 Å². The van der Waals surface area contributed by atoms with E-state index in [1.165, 1.54) is 0 Å². The van der Waals surface area contributed by atoms with Crippen LogP contribution in [0.5, 0.6) is 0 Å². The number of aromatic nitrogens is 1. The van der Waals surface area contributed by atoms with Crippen LogP contribution in [-0.2, 0) is 10.0 Å². The Morgan fingerprint density at radius 3 is 2.54 bits per heavy atom. The van der Waals surface area contributed by atoms with Gasteiger partial charge in [-0.1, -0.05) is 17.7 Å². The predicted octanol–water partition coefficient (Wildman–Crippen LogP) is 3.27. The first-order valence-corrected chi connectivity index (χ1v) is 9.60. The molecule has 0 saturated carbocycles. The van der Waals surface area contributed by atoms with Crippen molar-refractivity contribution < 1.29 is 8.42 Å². The molecule has 128 valence electrons. The molecule has 2 aromatic rings. The highest BCUT2D eigenvalue weighted by atomic mass is 32.2. The minimum absolute atomic E-state index is 0.145. The summed E-state index contributed by atoms with van der Waals surface area (Å²) in [6.45, 7) is 4.48.